The molecule has 6 heteroatoms. The van der Waals surface area contributed by atoms with Crippen LogP contribution in [-0.2, 0) is 22.5 Å². The van der Waals surface area contributed by atoms with Crippen molar-refractivity contribution >= 4 is 11.9 Å². The summed E-state index contributed by atoms with van der Waals surface area (Å²) < 4.78 is 5.02. The Morgan fingerprint density at radius 2 is 1.92 bits per heavy atom. The Balaban J connectivity index is 1.64. The van der Waals surface area contributed by atoms with Crippen LogP contribution in [-0.4, -0.2) is 57.2 Å². The zero-order valence-electron chi connectivity index (χ0n) is 15.4. The van der Waals surface area contributed by atoms with E-state index < -0.39 is 0 Å². The number of nitrogens with one attached hydrogen (secondary N) is 2. The van der Waals surface area contributed by atoms with E-state index in [2.05, 4.69) is 33.8 Å². The van der Waals surface area contributed by atoms with Crippen LogP contribution in [0.4, 0.5) is 0 Å². The maximum absolute atomic E-state index is 12.4. The van der Waals surface area contributed by atoms with E-state index in [9.17, 15) is 4.79 Å². The minimum absolute atomic E-state index is 0.236. The number of methoxy groups -OCH3 is 1. The number of rotatable bonds is 8. The summed E-state index contributed by atoms with van der Waals surface area (Å²) in [7, 11) is 3.45. The van der Waals surface area contributed by atoms with Gasteiger partial charge in [-0.25, -0.2) is 0 Å². The van der Waals surface area contributed by atoms with Crippen molar-refractivity contribution < 1.29 is 9.53 Å². The molecule has 2 N–H and O–H groups in total. The average Bonchev–Trinajstić information content (AvgIpc) is 2.66. The standard InChI is InChI=1S/C19H30N4O2/c1-20-19(22-12-6-14-25-2)21-11-5-9-18(24)23-13-10-16-7-3-4-8-17(16)15-23/h3-4,7-8H,5-6,9-15H2,1-2H3,(H2,20,21,22). The number of benzene rings is 1. The van der Waals surface area contributed by atoms with E-state index in [1.54, 1.807) is 14.2 Å². The quantitative estimate of drug-likeness (QED) is 0.426. The second kappa shape index (κ2) is 10.7. The van der Waals surface area contributed by atoms with E-state index in [0.29, 0.717) is 6.42 Å². The lowest BCUT2D eigenvalue weighted by Gasteiger charge is -2.29. The predicted octanol–water partition coefficient (Wildman–Crippen LogP) is 1.55. The van der Waals surface area contributed by atoms with Gasteiger partial charge in [-0.2, -0.15) is 0 Å². The highest BCUT2D eigenvalue weighted by Gasteiger charge is 2.19. The highest BCUT2D eigenvalue weighted by Crippen LogP contribution is 2.19. The van der Waals surface area contributed by atoms with E-state index in [1.807, 2.05) is 11.0 Å². The molecule has 6 nitrogen and oxygen atoms in total. The van der Waals surface area contributed by atoms with E-state index in [-0.39, 0.29) is 5.91 Å². The van der Waals surface area contributed by atoms with Crippen LogP contribution in [0.2, 0.25) is 0 Å². The highest BCUT2D eigenvalue weighted by atomic mass is 16.5. The molecule has 1 aliphatic heterocycles. The van der Waals surface area contributed by atoms with Gasteiger partial charge in [0.1, 0.15) is 0 Å². The van der Waals surface area contributed by atoms with Gasteiger partial charge >= 0.3 is 0 Å². The van der Waals surface area contributed by atoms with Crippen LogP contribution in [0.25, 0.3) is 0 Å². The Bertz CT molecular complexity index is 574. The fraction of sp³-hybridized carbons (Fsp3) is 0.579. The Kier molecular flexibility index (Phi) is 8.25. The van der Waals surface area contributed by atoms with E-state index in [4.69, 9.17) is 4.74 Å². The topological polar surface area (TPSA) is 66.0 Å². The van der Waals surface area contributed by atoms with Crippen molar-refractivity contribution in [2.45, 2.75) is 32.2 Å². The van der Waals surface area contributed by atoms with Gasteiger partial charge in [0.15, 0.2) is 5.96 Å². The number of hydrogen-bond donors (Lipinski definition) is 2. The molecule has 1 aromatic carbocycles. The summed E-state index contributed by atoms with van der Waals surface area (Å²) in [5, 5.41) is 6.48. The van der Waals surface area contributed by atoms with Crippen LogP contribution in [0.3, 0.4) is 0 Å². The van der Waals surface area contributed by atoms with Crippen molar-refractivity contribution in [3.05, 3.63) is 35.4 Å². The fourth-order valence-electron chi connectivity index (χ4n) is 2.96. The lowest BCUT2D eigenvalue weighted by atomic mass is 9.99. The number of ether oxygens (including phenoxy) is 1. The summed E-state index contributed by atoms with van der Waals surface area (Å²) in [6.07, 6.45) is 3.26. The number of fused-ring (bicyclic) bond motifs is 1. The predicted molar refractivity (Wildman–Crippen MR) is 101 cm³/mol. The first-order valence-corrected chi connectivity index (χ1v) is 9.02. The molecule has 1 aromatic rings. The van der Waals surface area contributed by atoms with Crippen LogP contribution < -0.4 is 10.6 Å². The van der Waals surface area contributed by atoms with Gasteiger partial charge in [0, 0.05) is 53.4 Å². The summed E-state index contributed by atoms with van der Waals surface area (Å²) in [5.41, 5.74) is 2.65. The number of nitrogens with zero attached hydrogens (tertiary/aromatic N) is 2. The molecule has 2 rings (SSSR count). The van der Waals surface area contributed by atoms with Crippen molar-refractivity contribution in [3.63, 3.8) is 0 Å². The molecule has 0 bridgehead atoms. The first-order chi connectivity index (χ1) is 12.2. The number of aliphatic imine (C=N–C) groups is 1. The minimum atomic E-state index is 0.236. The summed E-state index contributed by atoms with van der Waals surface area (Å²) in [5.74, 6) is 1.01. The molecule has 0 aromatic heterocycles. The molecule has 0 aliphatic carbocycles. The van der Waals surface area contributed by atoms with Gasteiger partial charge in [0.25, 0.3) is 0 Å². The third kappa shape index (κ3) is 6.38. The summed E-state index contributed by atoms with van der Waals surface area (Å²) in [6, 6.07) is 8.39. The zero-order valence-corrected chi connectivity index (χ0v) is 15.4. The smallest absolute Gasteiger partial charge is 0.222 e. The minimum Gasteiger partial charge on any atom is -0.385 e. The van der Waals surface area contributed by atoms with E-state index in [0.717, 1.165) is 58.0 Å². The van der Waals surface area contributed by atoms with Crippen LogP contribution in [0.1, 0.15) is 30.4 Å². The Hall–Kier alpha value is -2.08. The Morgan fingerprint density at radius 3 is 2.64 bits per heavy atom. The van der Waals surface area contributed by atoms with E-state index >= 15 is 0 Å². The number of hydrogen-bond acceptors (Lipinski definition) is 3. The fourth-order valence-corrected chi connectivity index (χ4v) is 2.96. The molecule has 0 fully saturated rings. The molecule has 25 heavy (non-hydrogen) atoms. The van der Waals surface area contributed by atoms with Crippen LogP contribution in [0.5, 0.6) is 0 Å². The second-order valence-electron chi connectivity index (χ2n) is 6.21. The first kappa shape index (κ1) is 19.2. The molecular formula is C19H30N4O2. The Labute approximate surface area is 150 Å². The van der Waals surface area contributed by atoms with Crippen LogP contribution >= 0.6 is 0 Å². The van der Waals surface area contributed by atoms with Gasteiger partial charge in [-0.3, -0.25) is 9.79 Å². The van der Waals surface area contributed by atoms with Crippen LogP contribution in [0.15, 0.2) is 29.3 Å². The SMILES string of the molecule is CN=C(NCCCOC)NCCCC(=O)N1CCc2ccccc2C1. The molecule has 1 aliphatic rings. The van der Waals surface area contributed by atoms with Gasteiger partial charge < -0.3 is 20.3 Å². The maximum atomic E-state index is 12.4. The average molecular weight is 346 g/mol. The molecule has 1 heterocycles. The van der Waals surface area contributed by atoms with Gasteiger partial charge in [-0.15, -0.1) is 0 Å². The van der Waals surface area contributed by atoms with Crippen molar-refractivity contribution in [2.75, 3.05) is 40.4 Å². The monoisotopic (exact) mass is 346 g/mol. The summed E-state index contributed by atoms with van der Waals surface area (Å²) in [6.45, 7) is 3.86. The second-order valence-corrected chi connectivity index (χ2v) is 6.21. The number of amides is 1. The highest BCUT2D eigenvalue weighted by molar-refractivity contribution is 5.80. The molecule has 0 radical (unpaired) electrons. The molecule has 0 spiro atoms. The molecule has 0 saturated carbocycles. The van der Waals surface area contributed by atoms with Gasteiger partial charge in [-0.05, 0) is 30.4 Å². The van der Waals surface area contributed by atoms with Crippen molar-refractivity contribution in [2.24, 2.45) is 4.99 Å². The zero-order chi connectivity index (χ0) is 17.9. The third-order valence-corrected chi connectivity index (χ3v) is 4.38. The summed E-state index contributed by atoms with van der Waals surface area (Å²) >= 11 is 0. The number of carbonyl (C=O) groups is 1. The molecule has 0 atom stereocenters. The maximum Gasteiger partial charge on any atom is 0.222 e. The van der Waals surface area contributed by atoms with Gasteiger partial charge in [0.05, 0.1) is 0 Å². The molecule has 138 valence electrons. The molecule has 1 amide bonds. The van der Waals surface area contributed by atoms with Gasteiger partial charge in [0.2, 0.25) is 5.91 Å². The first-order valence-electron chi connectivity index (χ1n) is 9.02. The molecular weight excluding hydrogens is 316 g/mol. The van der Waals surface area contributed by atoms with Crippen molar-refractivity contribution in [1.82, 2.24) is 15.5 Å². The van der Waals surface area contributed by atoms with E-state index in [1.165, 1.54) is 11.1 Å². The van der Waals surface area contributed by atoms with Crippen LogP contribution in [0, 0.1) is 0 Å². The van der Waals surface area contributed by atoms with Gasteiger partial charge in [-0.1, -0.05) is 24.3 Å². The largest absolute Gasteiger partial charge is 0.385 e. The number of carbonyl (C=O) groups excluding carboxylic acids is 1. The summed E-state index contributed by atoms with van der Waals surface area (Å²) in [4.78, 5) is 18.6. The normalized spacial score (nSPS) is 14.2. The third-order valence-electron chi connectivity index (χ3n) is 4.38. The lowest BCUT2D eigenvalue weighted by molar-refractivity contribution is -0.132. The Morgan fingerprint density at radius 1 is 1.20 bits per heavy atom. The van der Waals surface area contributed by atoms with Crippen molar-refractivity contribution in [3.8, 4) is 0 Å². The number of guanidine groups is 1. The molecule has 0 saturated heterocycles. The van der Waals surface area contributed by atoms with Crippen molar-refractivity contribution in [1.29, 1.82) is 0 Å². The lowest BCUT2D eigenvalue weighted by Crippen LogP contribution is -2.39. The molecule has 0 unspecified atom stereocenters.